The van der Waals surface area contributed by atoms with Gasteiger partial charge in [-0.2, -0.15) is 9.67 Å². The van der Waals surface area contributed by atoms with E-state index in [9.17, 15) is 4.79 Å². The molecule has 4 nitrogen and oxygen atoms in total. The molecule has 0 bridgehead atoms. The lowest BCUT2D eigenvalue weighted by Gasteiger charge is -2.04. The van der Waals surface area contributed by atoms with Gasteiger partial charge in [0, 0.05) is 12.1 Å². The highest BCUT2D eigenvalue weighted by Crippen LogP contribution is 2.13. The van der Waals surface area contributed by atoms with Crippen LogP contribution in [0.4, 0.5) is 0 Å². The number of carbonyl (C=O) groups is 1. The van der Waals surface area contributed by atoms with Crippen LogP contribution in [0, 0.1) is 0 Å². The van der Waals surface area contributed by atoms with Gasteiger partial charge in [0.15, 0.2) is 12.4 Å². The summed E-state index contributed by atoms with van der Waals surface area (Å²) in [5.74, 6) is 0.361. The Hall–Kier alpha value is -2.49. The van der Waals surface area contributed by atoms with E-state index in [-0.39, 0.29) is 12.5 Å². The van der Waals surface area contributed by atoms with Gasteiger partial charge in [-0.05, 0) is 17.0 Å². The van der Waals surface area contributed by atoms with Crippen molar-refractivity contribution in [2.45, 2.75) is 26.3 Å². The van der Waals surface area contributed by atoms with Crippen molar-refractivity contribution in [3.63, 3.8) is 0 Å². The second-order valence-corrected chi connectivity index (χ2v) is 5.16. The number of amides is 1. The summed E-state index contributed by atoms with van der Waals surface area (Å²) in [6.45, 7) is 4.57. The van der Waals surface area contributed by atoms with E-state index in [2.05, 4.69) is 36.5 Å². The average molecular weight is 282 g/mol. The normalized spacial score (nSPS) is 11.0. The number of pyridine rings is 1. The van der Waals surface area contributed by atoms with Gasteiger partial charge in [-0.15, -0.1) is 0 Å². The molecule has 0 radical (unpaired) electrons. The Morgan fingerprint density at radius 3 is 2.48 bits per heavy atom. The number of hydrogen-bond donors (Lipinski definition) is 1. The fourth-order valence-corrected chi connectivity index (χ4v) is 1.89. The second kappa shape index (κ2) is 7.33. The molecule has 21 heavy (non-hydrogen) atoms. The van der Waals surface area contributed by atoms with Crippen molar-refractivity contribution in [1.82, 2.24) is 5.43 Å². The number of carbonyl (C=O) groups excluding carboxylic acids is 1. The van der Waals surface area contributed by atoms with Crippen LogP contribution in [0.3, 0.4) is 0 Å². The number of hydrazone groups is 1. The van der Waals surface area contributed by atoms with Gasteiger partial charge >= 0.3 is 5.91 Å². The SMILES string of the molecule is CC(C)c1ccc(/C=N\NC(=O)C[n+]2ccccc2)cc1. The monoisotopic (exact) mass is 282 g/mol. The Kier molecular flexibility index (Phi) is 5.21. The lowest BCUT2D eigenvalue weighted by molar-refractivity contribution is -0.684. The Morgan fingerprint density at radius 1 is 1.19 bits per heavy atom. The van der Waals surface area contributed by atoms with E-state index >= 15 is 0 Å². The molecule has 0 fully saturated rings. The van der Waals surface area contributed by atoms with Gasteiger partial charge in [0.25, 0.3) is 0 Å². The zero-order valence-corrected chi connectivity index (χ0v) is 12.4. The molecule has 1 N–H and O–H groups in total. The van der Waals surface area contributed by atoms with Crippen LogP contribution in [-0.4, -0.2) is 12.1 Å². The van der Waals surface area contributed by atoms with Crippen molar-refractivity contribution < 1.29 is 9.36 Å². The fraction of sp³-hybridized carbons (Fsp3) is 0.235. The van der Waals surface area contributed by atoms with Crippen molar-refractivity contribution in [1.29, 1.82) is 0 Å². The molecule has 0 atom stereocenters. The molecule has 4 heteroatoms. The van der Waals surface area contributed by atoms with Crippen molar-refractivity contribution in [2.24, 2.45) is 5.10 Å². The van der Waals surface area contributed by atoms with Crippen molar-refractivity contribution in [3.8, 4) is 0 Å². The number of benzene rings is 1. The first-order valence-electron chi connectivity index (χ1n) is 7.01. The third-order valence-corrected chi connectivity index (χ3v) is 3.11. The molecule has 0 saturated carbocycles. The number of nitrogens with zero attached hydrogens (tertiary/aromatic N) is 2. The summed E-state index contributed by atoms with van der Waals surface area (Å²) in [6.07, 6.45) is 5.33. The van der Waals surface area contributed by atoms with Crippen molar-refractivity contribution in [3.05, 3.63) is 66.0 Å². The Labute approximate surface area is 125 Å². The maximum Gasteiger partial charge on any atom is 0.305 e. The molecular formula is C17H20N3O+. The van der Waals surface area contributed by atoms with Crippen LogP contribution >= 0.6 is 0 Å². The van der Waals surface area contributed by atoms with Gasteiger partial charge in [-0.1, -0.05) is 44.2 Å². The number of rotatable bonds is 5. The van der Waals surface area contributed by atoms with Gasteiger partial charge in [0.1, 0.15) is 0 Å². The highest BCUT2D eigenvalue weighted by molar-refractivity contribution is 5.82. The van der Waals surface area contributed by atoms with E-state index in [0.717, 1.165) is 5.56 Å². The van der Waals surface area contributed by atoms with Gasteiger partial charge in [-0.25, -0.2) is 5.43 Å². The predicted octanol–water partition coefficient (Wildman–Crippen LogP) is 2.25. The molecule has 0 spiro atoms. The maximum atomic E-state index is 11.7. The van der Waals surface area contributed by atoms with Gasteiger partial charge < -0.3 is 0 Å². The summed E-state index contributed by atoms with van der Waals surface area (Å²) in [7, 11) is 0. The van der Waals surface area contributed by atoms with Gasteiger partial charge in [0.05, 0.1) is 6.21 Å². The first-order chi connectivity index (χ1) is 10.1. The van der Waals surface area contributed by atoms with Crippen LogP contribution in [0.1, 0.15) is 30.9 Å². The minimum absolute atomic E-state index is 0.152. The molecule has 1 amide bonds. The highest BCUT2D eigenvalue weighted by atomic mass is 16.2. The molecule has 0 aliphatic heterocycles. The third kappa shape index (κ3) is 4.84. The van der Waals surface area contributed by atoms with Crippen LogP contribution in [0.5, 0.6) is 0 Å². The zero-order chi connectivity index (χ0) is 15.1. The van der Waals surface area contributed by atoms with Crippen LogP contribution < -0.4 is 9.99 Å². The highest BCUT2D eigenvalue weighted by Gasteiger charge is 2.06. The van der Waals surface area contributed by atoms with E-state index in [1.807, 2.05) is 42.7 Å². The summed E-state index contributed by atoms with van der Waals surface area (Å²) in [5.41, 5.74) is 4.78. The third-order valence-electron chi connectivity index (χ3n) is 3.11. The minimum Gasteiger partial charge on any atom is -0.266 e. The molecule has 0 aliphatic rings. The number of hydrogen-bond acceptors (Lipinski definition) is 2. The molecule has 2 rings (SSSR count). The molecule has 0 saturated heterocycles. The summed E-state index contributed by atoms with van der Waals surface area (Å²) in [4.78, 5) is 11.7. The van der Waals surface area contributed by atoms with E-state index in [4.69, 9.17) is 0 Å². The lowest BCUT2D eigenvalue weighted by Crippen LogP contribution is -2.40. The smallest absolute Gasteiger partial charge is 0.266 e. The van der Waals surface area contributed by atoms with Crippen LogP contribution in [-0.2, 0) is 11.3 Å². The summed E-state index contributed by atoms with van der Waals surface area (Å²) in [5, 5.41) is 3.97. The molecule has 0 unspecified atom stereocenters. The first-order valence-corrected chi connectivity index (χ1v) is 7.01. The second-order valence-electron chi connectivity index (χ2n) is 5.16. The van der Waals surface area contributed by atoms with Crippen molar-refractivity contribution in [2.75, 3.05) is 0 Å². The quantitative estimate of drug-likeness (QED) is 0.510. The zero-order valence-electron chi connectivity index (χ0n) is 12.4. The van der Waals surface area contributed by atoms with E-state index in [0.29, 0.717) is 5.92 Å². The van der Waals surface area contributed by atoms with Crippen LogP contribution in [0.15, 0.2) is 60.0 Å². The van der Waals surface area contributed by atoms with E-state index in [1.165, 1.54) is 5.56 Å². The maximum absolute atomic E-state index is 11.7. The summed E-state index contributed by atoms with van der Waals surface area (Å²) in [6, 6.07) is 13.8. The Balaban J connectivity index is 1.86. The Bertz CT molecular complexity index is 604. The van der Waals surface area contributed by atoms with Gasteiger partial charge in [-0.3, -0.25) is 4.79 Å². The molecule has 1 aromatic carbocycles. The first kappa shape index (κ1) is 14.9. The minimum atomic E-state index is -0.152. The summed E-state index contributed by atoms with van der Waals surface area (Å²) >= 11 is 0. The molecule has 108 valence electrons. The number of nitrogens with one attached hydrogen (secondary N) is 1. The topological polar surface area (TPSA) is 45.3 Å². The van der Waals surface area contributed by atoms with Crippen LogP contribution in [0.2, 0.25) is 0 Å². The largest absolute Gasteiger partial charge is 0.305 e. The van der Waals surface area contributed by atoms with Crippen molar-refractivity contribution >= 4 is 12.1 Å². The van der Waals surface area contributed by atoms with Gasteiger partial charge in [0.2, 0.25) is 6.54 Å². The molecule has 1 heterocycles. The summed E-state index contributed by atoms with van der Waals surface area (Å²) < 4.78 is 1.79. The predicted molar refractivity (Wildman–Crippen MR) is 82.9 cm³/mol. The molecule has 2 aromatic rings. The lowest BCUT2D eigenvalue weighted by atomic mass is 10.0. The number of aromatic nitrogens is 1. The molecule has 0 aliphatic carbocycles. The molecular weight excluding hydrogens is 262 g/mol. The van der Waals surface area contributed by atoms with E-state index < -0.39 is 0 Å². The standard InChI is InChI=1S/C17H19N3O/c1-14(2)16-8-6-15(7-9-16)12-18-19-17(21)13-20-10-4-3-5-11-20/h3-12,14H,13H2,1-2H3/p+1/b18-12-. The van der Waals surface area contributed by atoms with E-state index in [1.54, 1.807) is 10.8 Å². The van der Waals surface area contributed by atoms with Crippen LogP contribution in [0.25, 0.3) is 0 Å². The average Bonchev–Trinajstić information content (AvgIpc) is 2.49. The molecule has 1 aromatic heterocycles. The Morgan fingerprint density at radius 2 is 1.86 bits per heavy atom. The fourth-order valence-electron chi connectivity index (χ4n) is 1.89.